The predicted octanol–water partition coefficient (Wildman–Crippen LogP) is 5.33. The van der Waals surface area contributed by atoms with Crippen molar-refractivity contribution in [2.75, 3.05) is 0 Å². The Morgan fingerprint density at radius 3 is 2.50 bits per heavy atom. The van der Waals surface area contributed by atoms with Crippen molar-refractivity contribution < 1.29 is 0 Å². The summed E-state index contributed by atoms with van der Waals surface area (Å²) in [5.74, 6) is 0. The minimum Gasteiger partial charge on any atom is -0.0570 e. The molecule has 0 aliphatic heterocycles. The summed E-state index contributed by atoms with van der Waals surface area (Å²) >= 11 is 3.63. The number of rotatable bonds is 0. The second kappa shape index (κ2) is 3.23. The Labute approximate surface area is 118 Å². The molecule has 4 rings (SSSR count). The van der Waals surface area contributed by atoms with Crippen molar-refractivity contribution in [3.63, 3.8) is 0 Å². The lowest BCUT2D eigenvalue weighted by Gasteiger charge is -2.61. The monoisotopic (exact) mass is 304 g/mol. The molecule has 0 N–H and O–H groups in total. The Kier molecular flexibility index (Phi) is 2.07. The van der Waals surface area contributed by atoms with E-state index in [9.17, 15) is 0 Å². The van der Waals surface area contributed by atoms with Crippen molar-refractivity contribution in [1.29, 1.82) is 0 Å². The highest BCUT2D eigenvalue weighted by atomic mass is 79.9. The maximum atomic E-state index is 3.63. The normalized spacial score (nSPS) is 34.2. The Hall–Kier alpha value is -0.300. The quantitative estimate of drug-likeness (QED) is 0.607. The molecule has 1 atom stereocenters. The molecule has 0 saturated heterocycles. The second-order valence-corrected chi connectivity index (χ2v) is 8.34. The number of hydrogen-bond acceptors (Lipinski definition) is 0. The molecule has 0 heterocycles. The van der Waals surface area contributed by atoms with Crippen LogP contribution in [0.3, 0.4) is 0 Å². The van der Waals surface area contributed by atoms with Crippen molar-refractivity contribution in [2.45, 2.75) is 63.2 Å². The Balaban J connectivity index is 1.83. The van der Waals surface area contributed by atoms with E-state index in [0.29, 0.717) is 10.8 Å². The third-order valence-electron chi connectivity index (χ3n) is 6.31. The summed E-state index contributed by atoms with van der Waals surface area (Å²) in [6.45, 7) is 4.95. The van der Waals surface area contributed by atoms with Gasteiger partial charge >= 0.3 is 0 Å². The Bertz CT molecular complexity index is 524. The fourth-order valence-electron chi connectivity index (χ4n) is 4.93. The number of benzene rings is 1. The van der Waals surface area contributed by atoms with E-state index < -0.39 is 0 Å². The molecule has 1 unspecified atom stereocenters. The van der Waals surface area contributed by atoms with Gasteiger partial charge in [-0.1, -0.05) is 42.3 Å². The van der Waals surface area contributed by atoms with Crippen LogP contribution in [0.15, 0.2) is 22.7 Å². The topological polar surface area (TPSA) is 0 Å². The molecule has 1 heteroatoms. The zero-order valence-corrected chi connectivity index (χ0v) is 12.9. The number of fused-ring (bicyclic) bond motifs is 2. The third-order valence-corrected chi connectivity index (χ3v) is 6.80. The van der Waals surface area contributed by atoms with Crippen molar-refractivity contribution in [3.8, 4) is 0 Å². The van der Waals surface area contributed by atoms with Gasteiger partial charge in [-0.05, 0) is 66.2 Å². The van der Waals surface area contributed by atoms with Crippen LogP contribution < -0.4 is 0 Å². The smallest absolute Gasteiger partial charge is 0.0178 e. The molecule has 0 radical (unpaired) electrons. The summed E-state index contributed by atoms with van der Waals surface area (Å²) in [6, 6.07) is 6.99. The SMILES string of the molecule is CC1(C)c2cc(Br)ccc2C12CCCC1(CC1)C2. The number of hydrogen-bond donors (Lipinski definition) is 0. The molecule has 1 aromatic rings. The molecule has 18 heavy (non-hydrogen) atoms. The molecule has 3 aliphatic rings. The van der Waals surface area contributed by atoms with Gasteiger partial charge in [0.2, 0.25) is 0 Å². The van der Waals surface area contributed by atoms with Crippen molar-refractivity contribution in [3.05, 3.63) is 33.8 Å². The van der Waals surface area contributed by atoms with Crippen LogP contribution in [0.4, 0.5) is 0 Å². The molecule has 1 aromatic carbocycles. The predicted molar refractivity (Wildman–Crippen MR) is 79.0 cm³/mol. The zero-order valence-electron chi connectivity index (χ0n) is 11.4. The Morgan fingerprint density at radius 1 is 1.00 bits per heavy atom. The summed E-state index contributed by atoms with van der Waals surface area (Å²) < 4.78 is 1.24. The molecule has 0 amide bonds. The van der Waals surface area contributed by atoms with Crippen molar-refractivity contribution in [2.24, 2.45) is 5.41 Å². The summed E-state index contributed by atoms with van der Waals surface area (Å²) in [4.78, 5) is 0. The van der Waals surface area contributed by atoms with Gasteiger partial charge in [-0.2, -0.15) is 0 Å². The van der Waals surface area contributed by atoms with Gasteiger partial charge < -0.3 is 0 Å². The first kappa shape index (κ1) is 11.5. The van der Waals surface area contributed by atoms with E-state index in [1.54, 1.807) is 11.1 Å². The van der Waals surface area contributed by atoms with E-state index in [2.05, 4.69) is 48.0 Å². The average molecular weight is 305 g/mol. The van der Waals surface area contributed by atoms with Crippen LogP contribution >= 0.6 is 15.9 Å². The van der Waals surface area contributed by atoms with Crippen molar-refractivity contribution in [1.82, 2.24) is 0 Å². The summed E-state index contributed by atoms with van der Waals surface area (Å²) in [6.07, 6.45) is 8.81. The van der Waals surface area contributed by atoms with Crippen LogP contribution in [0, 0.1) is 5.41 Å². The molecule has 2 spiro atoms. The molecule has 0 nitrogen and oxygen atoms in total. The lowest BCUT2D eigenvalue weighted by molar-refractivity contribution is 0.0887. The molecule has 2 fully saturated rings. The zero-order chi connectivity index (χ0) is 12.6. The van der Waals surface area contributed by atoms with E-state index in [-0.39, 0.29) is 0 Å². The van der Waals surface area contributed by atoms with Crippen LogP contribution in [0.5, 0.6) is 0 Å². The maximum absolute atomic E-state index is 3.63. The fraction of sp³-hybridized carbons (Fsp3) is 0.647. The first-order valence-corrected chi connectivity index (χ1v) is 8.09. The molecule has 96 valence electrons. The molecule has 2 saturated carbocycles. The molecule has 0 bridgehead atoms. The average Bonchev–Trinajstić information content (AvgIpc) is 3.08. The van der Waals surface area contributed by atoms with Gasteiger partial charge in [-0.3, -0.25) is 0 Å². The van der Waals surface area contributed by atoms with Crippen LogP contribution in [0.25, 0.3) is 0 Å². The second-order valence-electron chi connectivity index (χ2n) is 7.43. The maximum Gasteiger partial charge on any atom is 0.0178 e. The minimum absolute atomic E-state index is 0.377. The van der Waals surface area contributed by atoms with Crippen LogP contribution in [-0.4, -0.2) is 0 Å². The largest absolute Gasteiger partial charge is 0.0570 e. The van der Waals surface area contributed by atoms with Crippen LogP contribution in [0.1, 0.15) is 63.5 Å². The van der Waals surface area contributed by atoms with E-state index in [0.717, 1.165) is 5.41 Å². The van der Waals surface area contributed by atoms with E-state index in [4.69, 9.17) is 0 Å². The molecular weight excluding hydrogens is 284 g/mol. The first-order valence-electron chi connectivity index (χ1n) is 7.30. The van der Waals surface area contributed by atoms with Crippen molar-refractivity contribution >= 4 is 15.9 Å². The lowest BCUT2D eigenvalue weighted by atomic mass is 9.42. The summed E-state index contributed by atoms with van der Waals surface area (Å²) in [5.41, 5.74) is 4.89. The third kappa shape index (κ3) is 1.22. The highest BCUT2D eigenvalue weighted by Crippen LogP contribution is 2.70. The number of halogens is 1. The van der Waals surface area contributed by atoms with E-state index in [1.165, 1.54) is 43.0 Å². The van der Waals surface area contributed by atoms with Gasteiger partial charge in [0.15, 0.2) is 0 Å². The van der Waals surface area contributed by atoms with Gasteiger partial charge in [0.25, 0.3) is 0 Å². The lowest BCUT2D eigenvalue weighted by Crippen LogP contribution is -2.57. The van der Waals surface area contributed by atoms with Gasteiger partial charge in [-0.15, -0.1) is 0 Å². The fourth-order valence-corrected chi connectivity index (χ4v) is 5.29. The summed E-state index contributed by atoms with van der Waals surface area (Å²) in [5, 5.41) is 0. The Morgan fingerprint density at radius 2 is 1.78 bits per heavy atom. The van der Waals surface area contributed by atoms with Gasteiger partial charge in [-0.25, -0.2) is 0 Å². The minimum atomic E-state index is 0.377. The van der Waals surface area contributed by atoms with Crippen LogP contribution in [0.2, 0.25) is 0 Å². The first-order chi connectivity index (χ1) is 8.49. The highest BCUT2D eigenvalue weighted by Gasteiger charge is 2.63. The van der Waals surface area contributed by atoms with Gasteiger partial charge in [0.1, 0.15) is 0 Å². The molecule has 0 aromatic heterocycles. The van der Waals surface area contributed by atoms with Gasteiger partial charge in [0, 0.05) is 9.89 Å². The van der Waals surface area contributed by atoms with E-state index in [1.807, 2.05) is 0 Å². The van der Waals surface area contributed by atoms with E-state index >= 15 is 0 Å². The summed E-state index contributed by atoms with van der Waals surface area (Å²) in [7, 11) is 0. The molecular formula is C17H21Br. The van der Waals surface area contributed by atoms with Gasteiger partial charge in [0.05, 0.1) is 0 Å². The van der Waals surface area contributed by atoms with Crippen LogP contribution in [-0.2, 0) is 10.8 Å². The highest BCUT2D eigenvalue weighted by molar-refractivity contribution is 9.10. The molecule has 3 aliphatic carbocycles. The standard InChI is InChI=1S/C17H21Br/c1-15(2)14-10-12(18)4-5-13(14)17(15)7-3-6-16(11-17)8-9-16/h4-5,10H,3,6-9,11H2,1-2H3.